The van der Waals surface area contributed by atoms with E-state index in [0.717, 1.165) is 25.9 Å². The van der Waals surface area contributed by atoms with Gasteiger partial charge in [-0.3, -0.25) is 4.79 Å². The van der Waals surface area contributed by atoms with Crippen LogP contribution in [0.5, 0.6) is 11.5 Å². The molecule has 1 heterocycles. The van der Waals surface area contributed by atoms with Crippen molar-refractivity contribution in [3.63, 3.8) is 0 Å². The number of halogens is 1. The molecular weight excluding hydrogens is 316 g/mol. The summed E-state index contributed by atoms with van der Waals surface area (Å²) in [7, 11) is 3.54. The van der Waals surface area contributed by atoms with Gasteiger partial charge in [0.2, 0.25) is 0 Å². The van der Waals surface area contributed by atoms with E-state index >= 15 is 0 Å². The van der Waals surface area contributed by atoms with E-state index in [1.807, 2.05) is 11.9 Å². The van der Waals surface area contributed by atoms with E-state index in [1.165, 1.54) is 0 Å². The van der Waals surface area contributed by atoms with E-state index in [-0.39, 0.29) is 18.3 Å². The van der Waals surface area contributed by atoms with Gasteiger partial charge in [-0.2, -0.15) is 0 Å². The summed E-state index contributed by atoms with van der Waals surface area (Å²) in [6.45, 7) is 5.58. The molecule has 0 saturated carbocycles. The number of nitrogens with one attached hydrogen (secondary N) is 1. The molecule has 0 unspecified atom stereocenters. The number of nitrogens with zero attached hydrogens (tertiary/aromatic N) is 1. The maximum atomic E-state index is 12.6. The average molecular weight is 341 g/mol. The van der Waals surface area contributed by atoms with Crippen molar-refractivity contribution >= 4 is 18.3 Å². The van der Waals surface area contributed by atoms with Crippen molar-refractivity contribution in [3.8, 4) is 11.5 Å². The predicted molar refractivity (Wildman–Crippen MR) is 93.9 cm³/mol. The highest BCUT2D eigenvalue weighted by Gasteiger charge is 2.23. The fraction of sp³-hybridized carbons (Fsp3) is 0.471. The maximum absolute atomic E-state index is 12.6. The third-order valence-corrected chi connectivity index (χ3v) is 3.96. The SMILES string of the molecule is C=CCOc1ccc(C(=O)N2CCC(NC)CC2)cc1OC.Cl. The molecular formula is C17H25ClN2O3. The first kappa shape index (κ1) is 19.3. The Kier molecular flexibility index (Phi) is 7.92. The number of likely N-dealkylation sites (tertiary alicyclic amines) is 1. The van der Waals surface area contributed by atoms with Gasteiger partial charge in [0.15, 0.2) is 11.5 Å². The first-order valence-electron chi connectivity index (χ1n) is 7.58. The minimum atomic E-state index is 0. The summed E-state index contributed by atoms with van der Waals surface area (Å²) in [4.78, 5) is 14.5. The second-order valence-electron chi connectivity index (χ2n) is 5.32. The molecule has 2 rings (SSSR count). The second kappa shape index (κ2) is 9.43. The zero-order chi connectivity index (χ0) is 15.9. The standard InChI is InChI=1S/C17H24N2O3.ClH/c1-4-11-22-15-6-5-13(12-16(15)21-3)17(20)19-9-7-14(18-2)8-10-19;/h4-6,12,14,18H,1,7-11H2,2-3H3;1H. The van der Waals surface area contributed by atoms with Crippen molar-refractivity contribution in [3.05, 3.63) is 36.4 Å². The molecule has 6 heteroatoms. The molecule has 23 heavy (non-hydrogen) atoms. The van der Waals surface area contributed by atoms with Gasteiger partial charge in [0.05, 0.1) is 7.11 Å². The van der Waals surface area contributed by atoms with Gasteiger partial charge in [-0.25, -0.2) is 0 Å². The van der Waals surface area contributed by atoms with Crippen LogP contribution in [0.4, 0.5) is 0 Å². The molecule has 1 aliphatic rings. The highest BCUT2D eigenvalue weighted by molar-refractivity contribution is 5.95. The lowest BCUT2D eigenvalue weighted by atomic mass is 10.0. The van der Waals surface area contributed by atoms with Crippen LogP contribution in [0.2, 0.25) is 0 Å². The Labute approximate surface area is 144 Å². The van der Waals surface area contributed by atoms with Crippen molar-refractivity contribution in [1.82, 2.24) is 10.2 Å². The molecule has 1 saturated heterocycles. The van der Waals surface area contributed by atoms with E-state index in [2.05, 4.69) is 11.9 Å². The topological polar surface area (TPSA) is 50.8 Å². The number of amides is 1. The molecule has 1 N–H and O–H groups in total. The molecule has 128 valence electrons. The highest BCUT2D eigenvalue weighted by Crippen LogP contribution is 2.29. The normalized spacial score (nSPS) is 14.8. The molecule has 1 amide bonds. The Balaban J connectivity index is 0.00000264. The summed E-state index contributed by atoms with van der Waals surface area (Å²) in [6, 6.07) is 5.81. The van der Waals surface area contributed by atoms with Gasteiger partial charge in [-0.15, -0.1) is 12.4 Å². The van der Waals surface area contributed by atoms with Crippen LogP contribution in [0, 0.1) is 0 Å². The monoisotopic (exact) mass is 340 g/mol. The smallest absolute Gasteiger partial charge is 0.253 e. The fourth-order valence-electron chi connectivity index (χ4n) is 2.62. The first-order chi connectivity index (χ1) is 10.7. The Morgan fingerprint density at radius 3 is 2.65 bits per heavy atom. The number of carbonyl (C=O) groups excluding carboxylic acids is 1. The van der Waals surface area contributed by atoms with Crippen LogP contribution in [0.15, 0.2) is 30.9 Å². The number of methoxy groups -OCH3 is 1. The molecule has 1 aliphatic heterocycles. The zero-order valence-corrected chi connectivity index (χ0v) is 14.5. The zero-order valence-electron chi connectivity index (χ0n) is 13.7. The van der Waals surface area contributed by atoms with Gasteiger partial charge in [-0.1, -0.05) is 12.7 Å². The van der Waals surface area contributed by atoms with Crippen LogP contribution in [0.3, 0.4) is 0 Å². The van der Waals surface area contributed by atoms with Crippen LogP contribution in [-0.4, -0.2) is 50.7 Å². The summed E-state index contributed by atoms with van der Waals surface area (Å²) in [6.07, 6.45) is 3.64. The number of carbonyl (C=O) groups is 1. The number of hydrogen-bond acceptors (Lipinski definition) is 4. The van der Waals surface area contributed by atoms with Crippen LogP contribution in [-0.2, 0) is 0 Å². The first-order valence-corrected chi connectivity index (χ1v) is 7.58. The lowest BCUT2D eigenvalue weighted by molar-refractivity contribution is 0.0707. The second-order valence-corrected chi connectivity index (χ2v) is 5.32. The Morgan fingerprint density at radius 2 is 2.09 bits per heavy atom. The van der Waals surface area contributed by atoms with Crippen molar-refractivity contribution in [2.24, 2.45) is 0 Å². The van der Waals surface area contributed by atoms with Gasteiger partial charge in [-0.05, 0) is 38.1 Å². The molecule has 0 radical (unpaired) electrons. The number of piperidine rings is 1. The maximum Gasteiger partial charge on any atom is 0.253 e. The van der Waals surface area contributed by atoms with Crippen molar-refractivity contribution in [1.29, 1.82) is 0 Å². The van der Waals surface area contributed by atoms with Gasteiger partial charge in [0, 0.05) is 24.7 Å². The third-order valence-electron chi connectivity index (χ3n) is 3.96. The summed E-state index contributed by atoms with van der Waals surface area (Å²) >= 11 is 0. The summed E-state index contributed by atoms with van der Waals surface area (Å²) in [5, 5.41) is 3.27. The molecule has 0 atom stereocenters. The summed E-state index contributed by atoms with van der Waals surface area (Å²) in [5.41, 5.74) is 0.630. The Hall–Kier alpha value is -1.72. The minimum Gasteiger partial charge on any atom is -0.493 e. The molecule has 1 fully saturated rings. The highest BCUT2D eigenvalue weighted by atomic mass is 35.5. The lowest BCUT2D eigenvalue weighted by Gasteiger charge is -2.32. The quantitative estimate of drug-likeness (QED) is 0.808. The number of benzene rings is 1. The van der Waals surface area contributed by atoms with Crippen LogP contribution in [0.1, 0.15) is 23.2 Å². The Morgan fingerprint density at radius 1 is 1.39 bits per heavy atom. The molecule has 1 aromatic carbocycles. The molecule has 0 aliphatic carbocycles. The largest absolute Gasteiger partial charge is 0.493 e. The summed E-state index contributed by atoms with van der Waals surface area (Å²) < 4.78 is 10.8. The van der Waals surface area contributed by atoms with E-state index in [0.29, 0.717) is 29.7 Å². The van der Waals surface area contributed by atoms with E-state index in [9.17, 15) is 4.79 Å². The summed E-state index contributed by atoms with van der Waals surface area (Å²) in [5.74, 6) is 1.23. The van der Waals surface area contributed by atoms with Crippen molar-refractivity contribution in [2.75, 3.05) is 33.9 Å². The van der Waals surface area contributed by atoms with E-state index < -0.39 is 0 Å². The van der Waals surface area contributed by atoms with Crippen LogP contribution < -0.4 is 14.8 Å². The van der Waals surface area contributed by atoms with Crippen molar-refractivity contribution < 1.29 is 14.3 Å². The minimum absolute atomic E-state index is 0. The van der Waals surface area contributed by atoms with Gasteiger partial charge in [0.25, 0.3) is 5.91 Å². The molecule has 5 nitrogen and oxygen atoms in total. The Bertz CT molecular complexity index is 529. The molecule has 1 aromatic rings. The van der Waals surface area contributed by atoms with Crippen molar-refractivity contribution in [2.45, 2.75) is 18.9 Å². The number of hydrogen-bond donors (Lipinski definition) is 1. The average Bonchev–Trinajstić information content (AvgIpc) is 2.59. The molecule has 0 aromatic heterocycles. The number of rotatable bonds is 6. The molecule has 0 spiro atoms. The van der Waals surface area contributed by atoms with Gasteiger partial charge < -0.3 is 19.7 Å². The fourth-order valence-corrected chi connectivity index (χ4v) is 2.62. The van der Waals surface area contributed by atoms with E-state index in [4.69, 9.17) is 9.47 Å². The van der Waals surface area contributed by atoms with E-state index in [1.54, 1.807) is 31.4 Å². The lowest BCUT2D eigenvalue weighted by Crippen LogP contribution is -2.43. The van der Waals surface area contributed by atoms with Gasteiger partial charge in [0.1, 0.15) is 6.61 Å². The van der Waals surface area contributed by atoms with Crippen LogP contribution in [0.25, 0.3) is 0 Å². The van der Waals surface area contributed by atoms with Crippen LogP contribution >= 0.6 is 12.4 Å². The predicted octanol–water partition coefficient (Wildman–Crippen LogP) is 2.51. The van der Waals surface area contributed by atoms with Gasteiger partial charge >= 0.3 is 0 Å². The molecule has 0 bridgehead atoms. The number of ether oxygens (including phenoxy) is 2. The third kappa shape index (κ3) is 4.88.